The molecule has 11 rings (SSSR count). The molecule has 0 aromatic heterocycles. The lowest BCUT2D eigenvalue weighted by Crippen LogP contribution is -2.32. The first-order valence-electron chi connectivity index (χ1n) is 21.3. The Labute approximate surface area is 338 Å². The predicted molar refractivity (Wildman–Crippen MR) is 237 cm³/mol. The molecule has 5 aromatic carbocycles. The van der Waals surface area contributed by atoms with Crippen LogP contribution in [0.4, 0.5) is 0 Å². The highest BCUT2D eigenvalue weighted by Crippen LogP contribution is 2.66. The highest BCUT2D eigenvalue weighted by Gasteiger charge is 2.54. The van der Waals surface area contributed by atoms with Gasteiger partial charge in [0.1, 0.15) is 0 Å². The number of rotatable bonds is 5. The molecule has 0 radical (unpaired) electrons. The van der Waals surface area contributed by atoms with Gasteiger partial charge in [0.25, 0.3) is 0 Å². The van der Waals surface area contributed by atoms with Crippen LogP contribution in [0.15, 0.2) is 179 Å². The summed E-state index contributed by atoms with van der Waals surface area (Å²) in [6, 6.07) is 48.4. The number of aliphatic imine (C=N–C) groups is 1. The second-order valence-corrected chi connectivity index (χ2v) is 17.7. The zero-order chi connectivity index (χ0) is 38.1. The Morgan fingerprint density at radius 2 is 1.35 bits per heavy atom. The van der Waals surface area contributed by atoms with Gasteiger partial charge in [-0.25, -0.2) is 4.99 Å². The molecule has 0 saturated heterocycles. The minimum absolute atomic E-state index is 0.0642. The molecule has 5 aromatic rings. The third kappa shape index (κ3) is 5.40. The van der Waals surface area contributed by atoms with E-state index in [1.807, 2.05) is 0 Å². The first kappa shape index (κ1) is 34.5. The third-order valence-corrected chi connectivity index (χ3v) is 14.5. The van der Waals surface area contributed by atoms with E-state index in [0.29, 0.717) is 11.8 Å². The molecule has 1 fully saturated rings. The van der Waals surface area contributed by atoms with E-state index in [-0.39, 0.29) is 16.9 Å². The standard InChI is InChI=1S/C55H50N2/c1-54(2)46-27-17-25-41(49(46)44-35-48-43(34-47(44)54)42-24-13-14-26-45(42)55(48)32-15-6-16-33-55)36-28-30-40(31-29-36)53-52(39-22-11-5-12-23-39)56-50(37-18-7-3-8-19-37)51(57-53)38-20-9-4-10-21-38/h3-5,7-14,17-23,25-31,35,42,47,51,57H,6,15-16,24,32-34H2,1-2H3. The van der Waals surface area contributed by atoms with Crippen LogP contribution >= 0.6 is 0 Å². The first-order valence-corrected chi connectivity index (χ1v) is 21.3. The Morgan fingerprint density at radius 3 is 2.09 bits per heavy atom. The molecule has 6 aliphatic rings. The van der Waals surface area contributed by atoms with Crippen LogP contribution in [0.25, 0.3) is 28.1 Å². The van der Waals surface area contributed by atoms with Crippen LogP contribution in [-0.2, 0) is 5.41 Å². The molecule has 5 aliphatic carbocycles. The van der Waals surface area contributed by atoms with E-state index in [0.717, 1.165) is 33.8 Å². The van der Waals surface area contributed by atoms with Crippen LogP contribution in [0.1, 0.15) is 98.2 Å². The number of nitrogens with one attached hydrogen (secondary N) is 1. The Kier molecular flexibility index (Phi) is 8.14. The summed E-state index contributed by atoms with van der Waals surface area (Å²) in [6.07, 6.45) is 19.1. The average molecular weight is 739 g/mol. The second kappa shape index (κ2) is 13.4. The Balaban J connectivity index is 1.03. The maximum atomic E-state index is 5.53. The van der Waals surface area contributed by atoms with Gasteiger partial charge >= 0.3 is 0 Å². The van der Waals surface area contributed by atoms with Crippen molar-refractivity contribution in [2.45, 2.75) is 70.3 Å². The molecule has 2 nitrogen and oxygen atoms in total. The lowest BCUT2D eigenvalue weighted by atomic mass is 9.64. The second-order valence-electron chi connectivity index (χ2n) is 17.7. The molecule has 1 saturated carbocycles. The maximum Gasteiger partial charge on any atom is 0.0947 e. The number of hydrogen-bond acceptors (Lipinski definition) is 2. The predicted octanol–water partition coefficient (Wildman–Crippen LogP) is 13.5. The SMILES string of the molecule is CC1(C)c2cccc(-c3ccc(C4=C(c5ccccc5)N=C(c5ccccc5)C(c5ccccc5)N4)cc3)c2C2=CC3=C(CC21)C1CC=CC=C1C31CCCCC1. The minimum Gasteiger partial charge on any atom is -0.370 e. The Morgan fingerprint density at radius 1 is 0.667 bits per heavy atom. The number of fused-ring (bicyclic) bond motifs is 7. The maximum absolute atomic E-state index is 5.53. The molecule has 1 aliphatic heterocycles. The number of benzene rings is 5. The van der Waals surface area contributed by atoms with Crippen molar-refractivity contribution < 1.29 is 0 Å². The zero-order valence-corrected chi connectivity index (χ0v) is 33.1. The quantitative estimate of drug-likeness (QED) is 0.191. The van der Waals surface area contributed by atoms with Crippen molar-refractivity contribution in [2.75, 3.05) is 0 Å². The molecule has 1 spiro atoms. The summed E-state index contributed by atoms with van der Waals surface area (Å²) in [7, 11) is 0. The van der Waals surface area contributed by atoms with Crippen LogP contribution in [0.2, 0.25) is 0 Å². The van der Waals surface area contributed by atoms with Gasteiger partial charge in [0.05, 0.1) is 23.1 Å². The van der Waals surface area contributed by atoms with Gasteiger partial charge in [0, 0.05) is 16.9 Å². The third-order valence-electron chi connectivity index (χ3n) is 14.5. The van der Waals surface area contributed by atoms with E-state index in [9.17, 15) is 0 Å². The van der Waals surface area contributed by atoms with Gasteiger partial charge in [-0.2, -0.15) is 0 Å². The fourth-order valence-corrected chi connectivity index (χ4v) is 11.7. The fraction of sp³-hybridized carbons (Fsp3) is 0.255. The van der Waals surface area contributed by atoms with Crippen LogP contribution in [0, 0.1) is 17.3 Å². The molecular formula is C55H50N2. The highest BCUT2D eigenvalue weighted by atomic mass is 15.0. The molecule has 3 atom stereocenters. The smallest absolute Gasteiger partial charge is 0.0947 e. The van der Waals surface area contributed by atoms with Gasteiger partial charge in [-0.3, -0.25) is 0 Å². The summed E-state index contributed by atoms with van der Waals surface area (Å²) in [5.41, 5.74) is 20.3. The topological polar surface area (TPSA) is 24.4 Å². The van der Waals surface area contributed by atoms with Crippen molar-refractivity contribution in [3.05, 3.63) is 208 Å². The largest absolute Gasteiger partial charge is 0.370 e. The number of nitrogens with zero attached hydrogens (tertiary/aromatic N) is 1. The van der Waals surface area contributed by atoms with E-state index in [4.69, 9.17) is 4.99 Å². The summed E-state index contributed by atoms with van der Waals surface area (Å²) in [5.74, 6) is 1.10. The van der Waals surface area contributed by atoms with Gasteiger partial charge < -0.3 is 5.32 Å². The van der Waals surface area contributed by atoms with Gasteiger partial charge in [0.15, 0.2) is 0 Å². The zero-order valence-electron chi connectivity index (χ0n) is 33.1. The summed E-state index contributed by atoms with van der Waals surface area (Å²) in [6.45, 7) is 5.02. The Hall–Kier alpha value is -5.73. The van der Waals surface area contributed by atoms with E-state index in [2.05, 4.69) is 177 Å². The fourth-order valence-electron chi connectivity index (χ4n) is 11.7. The average Bonchev–Trinajstić information content (AvgIpc) is 3.67. The monoisotopic (exact) mass is 738 g/mol. The molecule has 1 heterocycles. The van der Waals surface area contributed by atoms with Crippen molar-refractivity contribution in [1.82, 2.24) is 5.32 Å². The van der Waals surface area contributed by atoms with Crippen molar-refractivity contribution >= 4 is 22.7 Å². The molecule has 2 heteroatoms. The van der Waals surface area contributed by atoms with Crippen LogP contribution in [0.5, 0.6) is 0 Å². The molecule has 57 heavy (non-hydrogen) atoms. The first-order chi connectivity index (χ1) is 28.0. The summed E-state index contributed by atoms with van der Waals surface area (Å²) in [4.78, 5) is 5.53. The van der Waals surface area contributed by atoms with Crippen molar-refractivity contribution in [3.8, 4) is 11.1 Å². The molecule has 0 bridgehead atoms. The van der Waals surface area contributed by atoms with Crippen molar-refractivity contribution in [1.29, 1.82) is 0 Å². The lowest BCUT2D eigenvalue weighted by molar-refractivity contribution is 0.292. The van der Waals surface area contributed by atoms with Gasteiger partial charge in [0.2, 0.25) is 0 Å². The summed E-state index contributed by atoms with van der Waals surface area (Å²) in [5, 5.41) is 4.03. The Bertz CT molecular complexity index is 2570. The van der Waals surface area contributed by atoms with E-state index in [1.165, 1.54) is 72.8 Å². The molecule has 1 N–H and O–H groups in total. The van der Waals surface area contributed by atoms with E-state index >= 15 is 0 Å². The lowest BCUT2D eigenvalue weighted by Gasteiger charge is -2.39. The summed E-state index contributed by atoms with van der Waals surface area (Å²) < 4.78 is 0. The van der Waals surface area contributed by atoms with Crippen molar-refractivity contribution in [3.63, 3.8) is 0 Å². The molecule has 280 valence electrons. The van der Waals surface area contributed by atoms with Crippen LogP contribution in [-0.4, -0.2) is 5.71 Å². The van der Waals surface area contributed by atoms with Gasteiger partial charge in [-0.05, 0) is 87.1 Å². The van der Waals surface area contributed by atoms with E-state index < -0.39 is 0 Å². The molecular weight excluding hydrogens is 689 g/mol. The normalized spacial score (nSPS) is 23.8. The molecule has 0 amide bonds. The highest BCUT2D eigenvalue weighted by molar-refractivity contribution is 6.12. The minimum atomic E-state index is -0.0943. The molecule has 3 unspecified atom stereocenters. The number of hydrogen-bond donors (Lipinski definition) is 1. The van der Waals surface area contributed by atoms with Gasteiger partial charge in [-0.1, -0.05) is 202 Å². The number of allylic oxidation sites excluding steroid dienone is 8. The van der Waals surface area contributed by atoms with Crippen LogP contribution in [0.3, 0.4) is 0 Å². The van der Waals surface area contributed by atoms with Crippen LogP contribution < -0.4 is 5.32 Å². The van der Waals surface area contributed by atoms with Crippen molar-refractivity contribution in [2.24, 2.45) is 22.2 Å². The summed E-state index contributed by atoms with van der Waals surface area (Å²) >= 11 is 0. The van der Waals surface area contributed by atoms with E-state index in [1.54, 1.807) is 22.3 Å². The van der Waals surface area contributed by atoms with Gasteiger partial charge in [-0.15, -0.1) is 0 Å².